The Morgan fingerprint density at radius 3 is 2.15 bits per heavy atom. The van der Waals surface area contributed by atoms with Crippen LogP contribution in [-0.4, -0.2) is 22.8 Å². The summed E-state index contributed by atoms with van der Waals surface area (Å²) in [5, 5.41) is 12.6. The molecule has 8 nitrogen and oxygen atoms in total. The normalized spacial score (nSPS) is 22.0. The molecule has 2 aliphatic heterocycles. The van der Waals surface area contributed by atoms with E-state index in [9.17, 15) is 19.7 Å². The molecule has 8 heteroatoms. The Bertz CT molecular complexity index is 1210. The van der Waals surface area contributed by atoms with Crippen LogP contribution in [0, 0.1) is 16.0 Å². The predicted octanol–water partition coefficient (Wildman–Crippen LogP) is 4.21. The van der Waals surface area contributed by atoms with E-state index in [0.717, 1.165) is 22.6 Å². The van der Waals surface area contributed by atoms with E-state index >= 15 is 0 Å². The van der Waals surface area contributed by atoms with Crippen molar-refractivity contribution >= 4 is 28.9 Å². The molecule has 3 aromatic carbocycles. The highest BCUT2D eigenvalue weighted by Gasteiger charge is 2.60. The van der Waals surface area contributed by atoms with Crippen LogP contribution >= 0.6 is 0 Å². The number of aryl methyl sites for hydroxylation is 1. The first kappa shape index (κ1) is 20.8. The quantitative estimate of drug-likeness (QED) is 0.333. The zero-order chi connectivity index (χ0) is 23.1. The van der Waals surface area contributed by atoms with Gasteiger partial charge in [-0.2, -0.15) is 0 Å². The molecule has 2 saturated heterocycles. The maximum Gasteiger partial charge on any atom is 0.269 e. The van der Waals surface area contributed by atoms with Gasteiger partial charge in [0, 0.05) is 12.1 Å². The van der Waals surface area contributed by atoms with Crippen LogP contribution in [0.4, 0.5) is 17.1 Å². The minimum Gasteiger partial charge on any atom is -0.273 e. The summed E-state index contributed by atoms with van der Waals surface area (Å²) in [5.74, 6) is -1.62. The van der Waals surface area contributed by atoms with Gasteiger partial charge in [-0.3, -0.25) is 24.5 Å². The van der Waals surface area contributed by atoms with Gasteiger partial charge in [0.2, 0.25) is 5.91 Å². The Morgan fingerprint density at radius 1 is 0.879 bits per heavy atom. The lowest BCUT2D eigenvalue weighted by atomic mass is 9.90. The first-order valence-electron chi connectivity index (χ1n) is 10.7. The molecule has 0 bridgehead atoms. The van der Waals surface area contributed by atoms with Gasteiger partial charge in [-0.25, -0.2) is 9.96 Å². The molecule has 2 heterocycles. The molecule has 0 unspecified atom stereocenters. The second-order valence-electron chi connectivity index (χ2n) is 8.04. The third kappa shape index (κ3) is 3.44. The number of nitro groups is 1. The summed E-state index contributed by atoms with van der Waals surface area (Å²) in [6.45, 7) is 2.07. The molecule has 2 fully saturated rings. The van der Waals surface area contributed by atoms with Crippen molar-refractivity contribution in [2.45, 2.75) is 25.5 Å². The van der Waals surface area contributed by atoms with E-state index in [1.165, 1.54) is 29.8 Å². The Balaban J connectivity index is 1.54. The molecule has 3 atom stereocenters. The van der Waals surface area contributed by atoms with Crippen LogP contribution in [0.3, 0.4) is 0 Å². The first-order valence-corrected chi connectivity index (χ1v) is 10.7. The summed E-state index contributed by atoms with van der Waals surface area (Å²) < 4.78 is 0. The fourth-order valence-corrected chi connectivity index (χ4v) is 4.48. The fourth-order valence-electron chi connectivity index (χ4n) is 4.48. The average molecular weight is 443 g/mol. The largest absolute Gasteiger partial charge is 0.273 e. The highest BCUT2D eigenvalue weighted by atomic mass is 16.7. The summed E-state index contributed by atoms with van der Waals surface area (Å²) in [6.07, 6.45) is -0.0925. The van der Waals surface area contributed by atoms with E-state index in [1.54, 1.807) is 5.06 Å². The average Bonchev–Trinajstić information content (AvgIpc) is 3.35. The molecule has 0 radical (unpaired) electrons. The van der Waals surface area contributed by atoms with Gasteiger partial charge in [0.1, 0.15) is 5.92 Å². The van der Waals surface area contributed by atoms with Crippen LogP contribution in [-0.2, 0) is 20.8 Å². The molecule has 33 heavy (non-hydrogen) atoms. The molecular formula is C25H21N3O5. The number of anilines is 2. The van der Waals surface area contributed by atoms with Crippen LogP contribution in [0.5, 0.6) is 0 Å². The molecule has 3 aromatic rings. The number of benzene rings is 3. The van der Waals surface area contributed by atoms with Gasteiger partial charge in [-0.1, -0.05) is 49.4 Å². The molecule has 2 amide bonds. The van der Waals surface area contributed by atoms with Gasteiger partial charge < -0.3 is 0 Å². The smallest absolute Gasteiger partial charge is 0.269 e. The fraction of sp³-hybridized carbons (Fsp3) is 0.200. The summed E-state index contributed by atoms with van der Waals surface area (Å²) in [4.78, 5) is 44.5. The number of amides is 2. The van der Waals surface area contributed by atoms with Gasteiger partial charge in [-0.05, 0) is 41.8 Å². The Hall–Kier alpha value is -4.04. The van der Waals surface area contributed by atoms with Crippen molar-refractivity contribution in [1.82, 2.24) is 0 Å². The van der Waals surface area contributed by atoms with Crippen molar-refractivity contribution < 1.29 is 19.3 Å². The number of nitro benzene ring substituents is 1. The van der Waals surface area contributed by atoms with Crippen LogP contribution in [0.1, 0.15) is 24.1 Å². The zero-order valence-electron chi connectivity index (χ0n) is 17.8. The Labute approximate surface area is 190 Å². The van der Waals surface area contributed by atoms with Crippen molar-refractivity contribution in [2.75, 3.05) is 9.96 Å². The monoisotopic (exact) mass is 443 g/mol. The van der Waals surface area contributed by atoms with E-state index in [0.29, 0.717) is 5.69 Å². The third-order valence-corrected chi connectivity index (χ3v) is 6.17. The number of rotatable bonds is 5. The standard InChI is InChI=1S/C25H21N3O5/c1-2-16-8-10-17(11-9-16)22-21-23(33-27(22)19-6-4-3-5-7-19)25(30)26(24(21)29)18-12-14-20(15-13-18)28(31)32/h3-15,21-23H,2H2,1H3/t21-,22+,23+/m0/s1. The highest BCUT2D eigenvalue weighted by molar-refractivity contribution is 6.23. The maximum absolute atomic E-state index is 13.6. The molecule has 0 N–H and O–H groups in total. The predicted molar refractivity (Wildman–Crippen MR) is 121 cm³/mol. The number of non-ortho nitro benzene ring substituents is 1. The molecule has 0 spiro atoms. The van der Waals surface area contributed by atoms with Crippen molar-refractivity contribution in [3.8, 4) is 0 Å². The van der Waals surface area contributed by atoms with E-state index < -0.39 is 28.9 Å². The number of para-hydroxylation sites is 1. The molecule has 0 aromatic heterocycles. The first-order chi connectivity index (χ1) is 16.0. The molecule has 0 saturated carbocycles. The number of hydroxylamine groups is 1. The SMILES string of the molecule is CCc1ccc([C@@H]2[C@@H]3C(=O)N(c4ccc([N+](=O)[O-])cc4)C(=O)[C@@H]3ON2c2ccccc2)cc1. The zero-order valence-corrected chi connectivity index (χ0v) is 17.8. The van der Waals surface area contributed by atoms with Crippen LogP contribution in [0.15, 0.2) is 78.9 Å². The second kappa shape index (κ2) is 8.14. The number of carbonyl (C=O) groups is 2. The van der Waals surface area contributed by atoms with E-state index in [-0.39, 0.29) is 11.6 Å². The number of hydrogen-bond donors (Lipinski definition) is 0. The lowest BCUT2D eigenvalue weighted by Gasteiger charge is -2.28. The van der Waals surface area contributed by atoms with Crippen molar-refractivity contribution in [3.63, 3.8) is 0 Å². The van der Waals surface area contributed by atoms with Crippen molar-refractivity contribution in [1.29, 1.82) is 0 Å². The van der Waals surface area contributed by atoms with E-state index in [2.05, 4.69) is 6.92 Å². The Morgan fingerprint density at radius 2 is 1.55 bits per heavy atom. The molecule has 5 rings (SSSR count). The lowest BCUT2D eigenvalue weighted by Crippen LogP contribution is -2.37. The van der Waals surface area contributed by atoms with E-state index in [1.807, 2.05) is 54.6 Å². The van der Waals surface area contributed by atoms with Gasteiger partial charge in [0.05, 0.1) is 22.3 Å². The minimum atomic E-state index is -0.983. The molecular weight excluding hydrogens is 422 g/mol. The minimum absolute atomic E-state index is 0.113. The number of hydrogen-bond acceptors (Lipinski definition) is 6. The maximum atomic E-state index is 13.6. The molecule has 166 valence electrons. The van der Waals surface area contributed by atoms with Crippen molar-refractivity contribution in [2.24, 2.45) is 5.92 Å². The van der Waals surface area contributed by atoms with Crippen LogP contribution in [0.2, 0.25) is 0 Å². The number of carbonyl (C=O) groups excluding carboxylic acids is 2. The van der Waals surface area contributed by atoms with Gasteiger partial charge >= 0.3 is 0 Å². The van der Waals surface area contributed by atoms with Crippen molar-refractivity contribution in [3.05, 3.63) is 100 Å². The Kier molecular flexibility index (Phi) is 5.14. The van der Waals surface area contributed by atoms with Gasteiger partial charge in [-0.15, -0.1) is 0 Å². The van der Waals surface area contributed by atoms with Gasteiger partial charge in [0.25, 0.3) is 11.6 Å². The molecule has 2 aliphatic rings. The van der Waals surface area contributed by atoms with Gasteiger partial charge in [0.15, 0.2) is 6.10 Å². The lowest BCUT2D eigenvalue weighted by molar-refractivity contribution is -0.384. The topological polar surface area (TPSA) is 93.0 Å². The van der Waals surface area contributed by atoms with Crippen LogP contribution < -0.4 is 9.96 Å². The summed E-state index contributed by atoms with van der Waals surface area (Å²) in [5.41, 5.74) is 2.97. The second-order valence-corrected chi connectivity index (χ2v) is 8.04. The summed E-state index contributed by atoms with van der Waals surface area (Å²) in [7, 11) is 0. The summed E-state index contributed by atoms with van der Waals surface area (Å²) >= 11 is 0. The van der Waals surface area contributed by atoms with Crippen LogP contribution in [0.25, 0.3) is 0 Å². The van der Waals surface area contributed by atoms with E-state index in [4.69, 9.17) is 4.84 Å². The highest BCUT2D eigenvalue weighted by Crippen LogP contribution is 2.47. The summed E-state index contributed by atoms with van der Waals surface area (Å²) in [6, 6.07) is 22.2. The molecule has 0 aliphatic carbocycles. The number of fused-ring (bicyclic) bond motifs is 1. The number of nitrogens with zero attached hydrogens (tertiary/aromatic N) is 3. The third-order valence-electron chi connectivity index (χ3n) is 6.17. The number of imide groups is 1.